The van der Waals surface area contributed by atoms with Crippen LogP contribution in [-0.2, 0) is 9.22 Å². The lowest BCUT2D eigenvalue weighted by molar-refractivity contribution is -0.115. The zero-order chi connectivity index (χ0) is 11.5. The molecule has 1 aliphatic carbocycles. The summed E-state index contributed by atoms with van der Waals surface area (Å²) in [6, 6.07) is 3.44. The Morgan fingerprint density at radius 2 is 1.93 bits per heavy atom. The molecule has 0 aromatic rings. The molecule has 1 rings (SSSR count). The van der Waals surface area contributed by atoms with E-state index in [2.05, 4.69) is 43.4 Å². The van der Waals surface area contributed by atoms with Gasteiger partial charge in [0, 0.05) is 6.42 Å². The van der Waals surface area contributed by atoms with E-state index < -0.39 is 8.32 Å². The molecule has 1 atom stereocenters. The second-order valence-corrected chi connectivity index (χ2v) is 9.93. The zero-order valence-electron chi connectivity index (χ0n) is 9.68. The van der Waals surface area contributed by atoms with E-state index in [1.165, 1.54) is 0 Å². The van der Waals surface area contributed by atoms with Crippen molar-refractivity contribution < 1.29 is 9.22 Å². The fraction of sp³-hybridized carbons (Fsp3) is 0.727. The number of allylic oxidation sites excluding steroid dienone is 1. The predicted molar refractivity (Wildman–Crippen MR) is 73.8 cm³/mol. The lowest BCUT2D eigenvalue weighted by Crippen LogP contribution is -2.39. The summed E-state index contributed by atoms with van der Waals surface area (Å²) in [5, 5.41) is 0. The van der Waals surface area contributed by atoms with Crippen molar-refractivity contribution in [1.82, 2.24) is 0 Å². The first-order chi connectivity index (χ1) is 7.06. The van der Waals surface area contributed by atoms with Crippen LogP contribution in [0.3, 0.4) is 0 Å². The summed E-state index contributed by atoms with van der Waals surface area (Å²) in [5.74, 6) is 0.242. The molecule has 4 heteroatoms. The van der Waals surface area contributed by atoms with Crippen molar-refractivity contribution in [2.75, 3.05) is 0 Å². The highest BCUT2D eigenvalue weighted by Gasteiger charge is 2.34. The van der Waals surface area contributed by atoms with Crippen LogP contribution in [-0.4, -0.2) is 20.2 Å². The van der Waals surface area contributed by atoms with Crippen LogP contribution >= 0.6 is 22.6 Å². The molecule has 0 spiro atoms. The minimum atomic E-state index is -1.54. The molecule has 15 heavy (non-hydrogen) atoms. The number of Topliss-reactive ketones (excluding diaryl/α,β-unsaturated/α-hetero) is 1. The molecule has 0 fully saturated rings. The Balaban J connectivity index is 2.65. The normalized spacial score (nSPS) is 22.0. The first-order valence-electron chi connectivity index (χ1n) is 5.65. The van der Waals surface area contributed by atoms with Gasteiger partial charge in [0.15, 0.2) is 14.1 Å². The molecule has 0 bridgehead atoms. The Morgan fingerprint density at radius 1 is 1.40 bits per heavy atom. The Labute approximate surface area is 107 Å². The van der Waals surface area contributed by atoms with Crippen molar-refractivity contribution in [1.29, 1.82) is 0 Å². The van der Waals surface area contributed by atoms with Gasteiger partial charge in [0.2, 0.25) is 0 Å². The van der Waals surface area contributed by atoms with Gasteiger partial charge < -0.3 is 4.43 Å². The number of rotatable bonds is 5. The van der Waals surface area contributed by atoms with Crippen molar-refractivity contribution in [3.63, 3.8) is 0 Å². The molecule has 0 aliphatic heterocycles. The molecule has 0 saturated carbocycles. The van der Waals surface area contributed by atoms with E-state index in [1.54, 1.807) is 0 Å². The van der Waals surface area contributed by atoms with Gasteiger partial charge in [0.1, 0.15) is 0 Å². The van der Waals surface area contributed by atoms with E-state index in [9.17, 15) is 4.79 Å². The summed E-state index contributed by atoms with van der Waals surface area (Å²) in [5.41, 5.74) is 0. The Morgan fingerprint density at radius 3 is 2.27 bits per heavy atom. The largest absolute Gasteiger partial charge is 0.410 e. The minimum absolute atomic E-state index is 0.0657. The SMILES string of the molecule is CC[Si](CC)(CC)O[C@H]1C=C(I)C(=O)C1. The molecule has 0 aromatic carbocycles. The predicted octanol–water partition coefficient (Wildman–Crippen LogP) is 3.67. The smallest absolute Gasteiger partial charge is 0.192 e. The van der Waals surface area contributed by atoms with E-state index >= 15 is 0 Å². The van der Waals surface area contributed by atoms with Crippen LogP contribution in [0, 0.1) is 0 Å². The van der Waals surface area contributed by atoms with E-state index in [0.717, 1.165) is 21.7 Å². The molecule has 2 nitrogen and oxygen atoms in total. The monoisotopic (exact) mass is 338 g/mol. The highest BCUT2D eigenvalue weighted by molar-refractivity contribution is 14.1. The van der Waals surface area contributed by atoms with Crippen molar-refractivity contribution in [3.05, 3.63) is 9.66 Å². The maximum atomic E-state index is 11.4. The molecule has 86 valence electrons. The summed E-state index contributed by atoms with van der Waals surface area (Å²) < 4.78 is 7.07. The third-order valence-corrected chi connectivity index (χ3v) is 8.95. The Hall–Kier alpha value is 0.317. The minimum Gasteiger partial charge on any atom is -0.410 e. The molecule has 0 radical (unpaired) electrons. The van der Waals surface area contributed by atoms with Gasteiger partial charge in [-0.1, -0.05) is 20.8 Å². The van der Waals surface area contributed by atoms with Gasteiger partial charge in [-0.3, -0.25) is 4.79 Å². The molecule has 1 aliphatic rings. The highest BCUT2D eigenvalue weighted by atomic mass is 127. The molecule has 0 saturated heterocycles. The first kappa shape index (κ1) is 13.4. The number of halogens is 1. The van der Waals surface area contributed by atoms with Gasteiger partial charge in [-0.15, -0.1) is 0 Å². The number of hydrogen-bond acceptors (Lipinski definition) is 2. The summed E-state index contributed by atoms with van der Waals surface area (Å²) in [7, 11) is -1.54. The molecule has 0 N–H and O–H groups in total. The topological polar surface area (TPSA) is 26.3 Å². The maximum Gasteiger partial charge on any atom is 0.192 e. The van der Waals surface area contributed by atoms with Gasteiger partial charge in [-0.25, -0.2) is 0 Å². The summed E-state index contributed by atoms with van der Waals surface area (Å²) in [4.78, 5) is 11.4. The van der Waals surface area contributed by atoms with Crippen LogP contribution in [0.1, 0.15) is 27.2 Å². The lowest BCUT2D eigenvalue weighted by Gasteiger charge is -2.30. The molecule has 0 heterocycles. The van der Waals surface area contributed by atoms with Crippen LogP contribution in [0.5, 0.6) is 0 Å². The number of hydrogen-bond donors (Lipinski definition) is 0. The number of ketones is 1. The average molecular weight is 338 g/mol. The van der Waals surface area contributed by atoms with Crippen LogP contribution in [0.2, 0.25) is 18.1 Å². The third-order valence-electron chi connectivity index (χ3n) is 3.32. The van der Waals surface area contributed by atoms with Crippen molar-refractivity contribution >= 4 is 36.7 Å². The highest BCUT2D eigenvalue weighted by Crippen LogP contribution is 2.29. The van der Waals surface area contributed by atoms with Gasteiger partial charge >= 0.3 is 0 Å². The average Bonchev–Trinajstić information content (AvgIpc) is 2.55. The molecular weight excluding hydrogens is 319 g/mol. The van der Waals surface area contributed by atoms with E-state index in [-0.39, 0.29) is 11.9 Å². The van der Waals surface area contributed by atoms with Crippen LogP contribution in [0.15, 0.2) is 9.66 Å². The van der Waals surface area contributed by atoms with E-state index in [1.807, 2.05) is 6.08 Å². The van der Waals surface area contributed by atoms with Crippen LogP contribution in [0.4, 0.5) is 0 Å². The fourth-order valence-electron chi connectivity index (χ4n) is 1.99. The molecule has 0 aromatic heterocycles. The van der Waals surface area contributed by atoms with Crippen LogP contribution < -0.4 is 0 Å². The zero-order valence-corrected chi connectivity index (χ0v) is 12.8. The van der Waals surface area contributed by atoms with Crippen molar-refractivity contribution in [2.45, 2.75) is 51.4 Å². The van der Waals surface area contributed by atoms with Crippen LogP contribution in [0.25, 0.3) is 0 Å². The van der Waals surface area contributed by atoms with Gasteiger partial charge in [-0.2, -0.15) is 0 Å². The summed E-state index contributed by atoms with van der Waals surface area (Å²) in [6.45, 7) is 6.64. The van der Waals surface area contributed by atoms with E-state index in [0.29, 0.717) is 6.42 Å². The Kier molecular flexibility index (Phi) is 4.98. The second kappa shape index (κ2) is 5.59. The number of carbonyl (C=O) groups excluding carboxylic acids is 1. The lowest BCUT2D eigenvalue weighted by atomic mass is 10.3. The first-order valence-corrected chi connectivity index (χ1v) is 9.26. The standard InChI is InChI=1S/C11H19IO2Si/c1-4-15(5-2,6-3)14-9-7-10(12)11(13)8-9/h7,9H,4-6,8H2,1-3H3/t9-/m0/s1. The maximum absolute atomic E-state index is 11.4. The van der Waals surface area contributed by atoms with Crippen molar-refractivity contribution in [2.24, 2.45) is 0 Å². The summed E-state index contributed by atoms with van der Waals surface area (Å²) >= 11 is 2.11. The number of carbonyl (C=O) groups is 1. The second-order valence-electron chi connectivity index (χ2n) is 4.04. The molecule has 0 amide bonds. The van der Waals surface area contributed by atoms with E-state index in [4.69, 9.17) is 4.43 Å². The molecular formula is C11H19IO2Si. The molecule has 0 unspecified atom stereocenters. The quantitative estimate of drug-likeness (QED) is 0.565. The Bertz CT molecular complexity index is 263. The van der Waals surface area contributed by atoms with Gasteiger partial charge in [0.25, 0.3) is 0 Å². The fourth-order valence-corrected chi connectivity index (χ4v) is 5.41. The third kappa shape index (κ3) is 3.14. The van der Waals surface area contributed by atoms with Crippen molar-refractivity contribution in [3.8, 4) is 0 Å². The van der Waals surface area contributed by atoms with Gasteiger partial charge in [0.05, 0.1) is 9.68 Å². The summed E-state index contributed by atoms with van der Waals surface area (Å²) in [6.07, 6.45) is 2.62. The van der Waals surface area contributed by atoms with Gasteiger partial charge in [-0.05, 0) is 46.8 Å².